The zero-order chi connectivity index (χ0) is 24.8. The van der Waals surface area contributed by atoms with Crippen molar-refractivity contribution in [2.45, 2.75) is 6.92 Å². The molecule has 0 aliphatic carbocycles. The van der Waals surface area contributed by atoms with Gasteiger partial charge >= 0.3 is 11.9 Å². The van der Waals surface area contributed by atoms with Crippen LogP contribution in [0.5, 0.6) is 5.19 Å². The van der Waals surface area contributed by atoms with Crippen LogP contribution in [0, 0.1) is 6.92 Å². The average Bonchev–Trinajstić information content (AvgIpc) is 3.59. The normalized spacial score (nSPS) is 13.9. The van der Waals surface area contributed by atoms with Gasteiger partial charge in [0.25, 0.3) is 11.1 Å². The maximum absolute atomic E-state index is 9.10. The van der Waals surface area contributed by atoms with E-state index in [9.17, 15) is 0 Å². The predicted molar refractivity (Wildman–Crippen MR) is 129 cm³/mol. The standard InChI is InChI=1S/C19H20N6O2S2.C2H2O4/c1-13-21-22-18(27-13)15-12-28-19(20-15)26-11-10-24-6-8-25(9-7-24)17-14-4-2-3-5-16(14)29-23-17;3-1(4)2(5)6/h2-5,12H,6-11H2,1H3;(H,3,4)(H,5,6). The summed E-state index contributed by atoms with van der Waals surface area (Å²) in [6.45, 7) is 7.20. The summed E-state index contributed by atoms with van der Waals surface area (Å²) in [5.74, 6) is -1.57. The minimum absolute atomic E-state index is 0.430. The third kappa shape index (κ3) is 6.29. The fourth-order valence-corrected chi connectivity index (χ4v) is 4.83. The second-order valence-corrected chi connectivity index (χ2v) is 9.04. The molecule has 0 atom stereocenters. The molecule has 0 unspecified atom stereocenters. The van der Waals surface area contributed by atoms with Crippen LogP contribution in [0.1, 0.15) is 5.89 Å². The molecule has 0 amide bonds. The van der Waals surface area contributed by atoms with Crippen molar-refractivity contribution in [2.24, 2.45) is 0 Å². The van der Waals surface area contributed by atoms with Gasteiger partial charge in [-0.1, -0.05) is 23.5 Å². The Kier molecular flexibility index (Phi) is 7.84. The van der Waals surface area contributed by atoms with E-state index in [0.29, 0.717) is 29.3 Å². The number of aromatic nitrogens is 4. The molecular weight excluding hydrogens is 496 g/mol. The second-order valence-electron chi connectivity index (χ2n) is 7.41. The summed E-state index contributed by atoms with van der Waals surface area (Å²) in [5.41, 5.74) is 0.662. The largest absolute Gasteiger partial charge is 0.473 e. The lowest BCUT2D eigenvalue weighted by molar-refractivity contribution is -0.159. The quantitative estimate of drug-likeness (QED) is 0.360. The van der Waals surface area contributed by atoms with Gasteiger partial charge < -0.3 is 24.3 Å². The van der Waals surface area contributed by atoms with E-state index in [0.717, 1.165) is 38.5 Å². The Labute approximate surface area is 207 Å². The number of nitrogens with zero attached hydrogens (tertiary/aromatic N) is 6. The van der Waals surface area contributed by atoms with Gasteiger partial charge in [-0.05, 0) is 23.7 Å². The summed E-state index contributed by atoms with van der Waals surface area (Å²) >= 11 is 3.02. The number of benzene rings is 1. The van der Waals surface area contributed by atoms with E-state index in [1.165, 1.54) is 21.4 Å². The lowest BCUT2D eigenvalue weighted by Crippen LogP contribution is -2.47. The van der Waals surface area contributed by atoms with Crippen molar-refractivity contribution < 1.29 is 29.0 Å². The number of hydrogen-bond acceptors (Lipinski definition) is 12. The molecule has 0 saturated carbocycles. The number of hydrogen-bond donors (Lipinski definition) is 2. The van der Waals surface area contributed by atoms with Crippen LogP contribution in [0.15, 0.2) is 34.1 Å². The molecule has 0 bridgehead atoms. The van der Waals surface area contributed by atoms with E-state index in [1.54, 1.807) is 18.5 Å². The lowest BCUT2D eigenvalue weighted by Gasteiger charge is -2.34. The number of thiazole rings is 1. The molecule has 3 aromatic heterocycles. The Morgan fingerprint density at radius 2 is 1.86 bits per heavy atom. The van der Waals surface area contributed by atoms with Crippen molar-refractivity contribution in [3.05, 3.63) is 35.5 Å². The van der Waals surface area contributed by atoms with E-state index < -0.39 is 11.9 Å². The van der Waals surface area contributed by atoms with Crippen LogP contribution in [0.25, 0.3) is 21.7 Å². The first-order chi connectivity index (χ1) is 16.9. The van der Waals surface area contributed by atoms with Crippen LogP contribution in [0.4, 0.5) is 5.82 Å². The van der Waals surface area contributed by atoms with Crippen molar-refractivity contribution in [2.75, 3.05) is 44.2 Å². The SMILES string of the molecule is Cc1nnc(-c2csc(OCCN3CCN(c4nsc5ccccc45)CC3)n2)o1.O=C(O)C(=O)O. The Balaban J connectivity index is 0.000000431. The van der Waals surface area contributed by atoms with Crippen molar-refractivity contribution in [3.63, 3.8) is 0 Å². The molecule has 14 heteroatoms. The summed E-state index contributed by atoms with van der Waals surface area (Å²) in [6, 6.07) is 8.44. The Bertz CT molecular complexity index is 1280. The maximum atomic E-state index is 9.10. The molecule has 1 fully saturated rings. The van der Waals surface area contributed by atoms with Crippen molar-refractivity contribution >= 4 is 50.7 Å². The van der Waals surface area contributed by atoms with Crippen molar-refractivity contribution in [1.29, 1.82) is 0 Å². The average molecular weight is 519 g/mol. The molecule has 4 aromatic rings. The smallest absolute Gasteiger partial charge is 0.414 e. The summed E-state index contributed by atoms with van der Waals surface area (Å²) in [6.07, 6.45) is 0. The van der Waals surface area contributed by atoms with Gasteiger partial charge in [-0.15, -0.1) is 10.2 Å². The molecule has 1 aliphatic rings. The van der Waals surface area contributed by atoms with Gasteiger partial charge in [0.15, 0.2) is 0 Å². The highest BCUT2D eigenvalue weighted by Crippen LogP contribution is 2.30. The number of carbonyl (C=O) groups is 2. The van der Waals surface area contributed by atoms with E-state index in [1.807, 2.05) is 5.38 Å². The Morgan fingerprint density at radius 3 is 2.54 bits per heavy atom. The highest BCUT2D eigenvalue weighted by molar-refractivity contribution is 7.13. The van der Waals surface area contributed by atoms with E-state index in [-0.39, 0.29) is 0 Å². The minimum atomic E-state index is -1.82. The molecule has 1 aliphatic heterocycles. The van der Waals surface area contributed by atoms with Gasteiger partial charge in [0, 0.05) is 50.4 Å². The summed E-state index contributed by atoms with van der Waals surface area (Å²) in [7, 11) is 0. The number of piperazine rings is 1. The summed E-state index contributed by atoms with van der Waals surface area (Å²) < 4.78 is 17.1. The number of rotatable bonds is 6. The van der Waals surface area contributed by atoms with Crippen molar-refractivity contribution in [1.82, 2.24) is 24.5 Å². The first kappa shape index (κ1) is 24.5. The van der Waals surface area contributed by atoms with Gasteiger partial charge in [-0.3, -0.25) is 4.90 Å². The first-order valence-corrected chi connectivity index (χ1v) is 12.2. The van der Waals surface area contributed by atoms with E-state index in [4.69, 9.17) is 29.0 Å². The summed E-state index contributed by atoms with van der Waals surface area (Å²) in [5, 5.41) is 26.4. The third-order valence-electron chi connectivity index (χ3n) is 5.07. The van der Waals surface area contributed by atoms with Gasteiger partial charge in [0.1, 0.15) is 18.1 Å². The van der Waals surface area contributed by atoms with Gasteiger partial charge in [-0.2, -0.15) is 9.36 Å². The first-order valence-electron chi connectivity index (χ1n) is 10.6. The maximum Gasteiger partial charge on any atom is 0.414 e. The highest BCUT2D eigenvalue weighted by atomic mass is 32.1. The van der Waals surface area contributed by atoms with E-state index >= 15 is 0 Å². The van der Waals surface area contributed by atoms with Crippen LogP contribution in [-0.4, -0.2) is 85.9 Å². The number of fused-ring (bicyclic) bond motifs is 1. The van der Waals surface area contributed by atoms with Crippen LogP contribution >= 0.6 is 22.9 Å². The zero-order valence-corrected chi connectivity index (χ0v) is 20.3. The van der Waals surface area contributed by atoms with Crippen LogP contribution in [-0.2, 0) is 9.59 Å². The van der Waals surface area contributed by atoms with Crippen molar-refractivity contribution in [3.8, 4) is 16.8 Å². The summed E-state index contributed by atoms with van der Waals surface area (Å²) in [4.78, 5) is 27.4. The lowest BCUT2D eigenvalue weighted by atomic mass is 10.2. The molecule has 184 valence electrons. The van der Waals surface area contributed by atoms with Gasteiger partial charge in [0.05, 0.1) is 4.70 Å². The van der Waals surface area contributed by atoms with E-state index in [2.05, 4.69) is 53.6 Å². The molecule has 2 N–H and O–H groups in total. The molecule has 1 saturated heterocycles. The Hall–Kier alpha value is -3.62. The molecular formula is C21H22N6O6S2. The zero-order valence-electron chi connectivity index (χ0n) is 18.7. The Morgan fingerprint density at radius 1 is 1.11 bits per heavy atom. The highest BCUT2D eigenvalue weighted by Gasteiger charge is 2.20. The van der Waals surface area contributed by atoms with Crippen LogP contribution in [0.2, 0.25) is 0 Å². The predicted octanol–water partition coefficient (Wildman–Crippen LogP) is 2.47. The van der Waals surface area contributed by atoms with Gasteiger partial charge in [-0.25, -0.2) is 9.59 Å². The van der Waals surface area contributed by atoms with Gasteiger partial charge in [0.2, 0.25) is 5.89 Å². The second kappa shape index (κ2) is 11.2. The number of carboxylic acids is 2. The molecule has 0 spiro atoms. The minimum Gasteiger partial charge on any atom is -0.473 e. The fourth-order valence-electron chi connectivity index (χ4n) is 3.37. The molecule has 35 heavy (non-hydrogen) atoms. The molecule has 5 rings (SSSR count). The monoisotopic (exact) mass is 518 g/mol. The van der Waals surface area contributed by atoms with Crippen LogP contribution in [0.3, 0.4) is 0 Å². The molecule has 0 radical (unpaired) electrons. The molecule has 4 heterocycles. The number of anilines is 1. The fraction of sp³-hybridized carbons (Fsp3) is 0.333. The number of aliphatic carboxylic acids is 2. The van der Waals surface area contributed by atoms with Crippen LogP contribution < -0.4 is 9.64 Å². The topological polar surface area (TPSA) is 155 Å². The number of aryl methyl sites for hydroxylation is 1. The molecule has 12 nitrogen and oxygen atoms in total. The molecule has 1 aromatic carbocycles. The number of carboxylic acid groups (broad SMARTS) is 2. The third-order valence-corrected chi connectivity index (χ3v) is 6.64. The number of ether oxygens (including phenoxy) is 1.